The highest BCUT2D eigenvalue weighted by molar-refractivity contribution is 5.19. The molecule has 0 aliphatic heterocycles. The van der Waals surface area contributed by atoms with E-state index in [1.807, 2.05) is 38.1 Å². The van der Waals surface area contributed by atoms with Gasteiger partial charge < -0.3 is 0 Å². The predicted molar refractivity (Wildman–Crippen MR) is 119 cm³/mol. The van der Waals surface area contributed by atoms with Gasteiger partial charge >= 0.3 is 0 Å². The largest absolute Gasteiger partial charge is 0.258 e. The van der Waals surface area contributed by atoms with E-state index < -0.39 is 0 Å². The Morgan fingerprint density at radius 3 is 1.13 bits per heavy atom. The summed E-state index contributed by atoms with van der Waals surface area (Å²) in [4.78, 5) is 3.90. The molecule has 0 radical (unpaired) electrons. The van der Waals surface area contributed by atoms with Gasteiger partial charge in [-0.25, -0.2) is 13.2 Å². The summed E-state index contributed by atoms with van der Waals surface area (Å²) in [6.45, 7) is 12.4. The Kier molecular flexibility index (Phi) is 10.9. The van der Waals surface area contributed by atoms with E-state index in [1.54, 1.807) is 6.07 Å². The summed E-state index contributed by atoms with van der Waals surface area (Å²) >= 11 is 0. The van der Waals surface area contributed by atoms with Crippen molar-refractivity contribution in [2.75, 3.05) is 0 Å². The molecule has 0 fully saturated rings. The standard InChI is InChI=1S/2C9H11F.C8H10FN/c2*1-7(2)8-3-5-9(10)6-4-8;1-6(2)8-4-3-7(9)5-10-8/h2*3-7H,1-2H3;3-6H,1-2H3. The molecule has 0 atom stereocenters. The molecule has 4 heteroatoms. The zero-order chi connectivity index (χ0) is 22.7. The number of benzene rings is 2. The lowest BCUT2D eigenvalue weighted by Gasteiger charge is -2.02. The van der Waals surface area contributed by atoms with Gasteiger partial charge in [0.25, 0.3) is 0 Å². The normalized spacial score (nSPS) is 10.4. The first kappa shape index (κ1) is 25.4. The van der Waals surface area contributed by atoms with Crippen LogP contribution in [0.25, 0.3) is 0 Å². The van der Waals surface area contributed by atoms with Gasteiger partial charge in [0.15, 0.2) is 0 Å². The van der Waals surface area contributed by atoms with Gasteiger partial charge in [0.05, 0.1) is 6.20 Å². The molecule has 0 amide bonds. The lowest BCUT2D eigenvalue weighted by molar-refractivity contribution is 0.617. The fourth-order valence-electron chi connectivity index (χ4n) is 2.42. The van der Waals surface area contributed by atoms with E-state index >= 15 is 0 Å². The van der Waals surface area contributed by atoms with Crippen LogP contribution in [-0.4, -0.2) is 4.98 Å². The van der Waals surface area contributed by atoms with Gasteiger partial charge in [-0.05, 0) is 65.3 Å². The molecule has 0 N–H and O–H groups in total. The SMILES string of the molecule is CC(C)c1ccc(F)cc1.CC(C)c1ccc(F)cc1.CC(C)c1ccc(F)cn1. The molecule has 162 valence electrons. The number of halogens is 3. The predicted octanol–water partition coefficient (Wildman–Crippen LogP) is 8.24. The minimum absolute atomic E-state index is 0.163. The highest BCUT2D eigenvalue weighted by Gasteiger charge is 1.99. The van der Waals surface area contributed by atoms with Gasteiger partial charge in [-0.3, -0.25) is 4.98 Å². The van der Waals surface area contributed by atoms with Crippen LogP contribution in [0.15, 0.2) is 66.9 Å². The minimum atomic E-state index is -0.274. The third-order valence-electron chi connectivity index (χ3n) is 4.42. The zero-order valence-corrected chi connectivity index (χ0v) is 18.7. The van der Waals surface area contributed by atoms with E-state index in [1.165, 1.54) is 47.7 Å². The molecule has 0 unspecified atom stereocenters. The van der Waals surface area contributed by atoms with Crippen LogP contribution in [0, 0.1) is 17.5 Å². The zero-order valence-electron chi connectivity index (χ0n) is 18.7. The Morgan fingerprint density at radius 1 is 0.500 bits per heavy atom. The molecule has 0 aliphatic rings. The van der Waals surface area contributed by atoms with E-state index in [9.17, 15) is 13.2 Å². The first-order valence-corrected chi connectivity index (χ1v) is 10.2. The Hall–Kier alpha value is -2.62. The summed E-state index contributed by atoms with van der Waals surface area (Å²) in [5.74, 6) is 0.750. The fourth-order valence-corrected chi connectivity index (χ4v) is 2.42. The highest BCUT2D eigenvalue weighted by Crippen LogP contribution is 2.14. The van der Waals surface area contributed by atoms with E-state index in [4.69, 9.17) is 0 Å². The maximum atomic E-state index is 12.4. The number of pyridine rings is 1. The molecule has 0 aliphatic carbocycles. The lowest BCUT2D eigenvalue weighted by atomic mass is 10.0. The van der Waals surface area contributed by atoms with Crippen molar-refractivity contribution < 1.29 is 13.2 Å². The smallest absolute Gasteiger partial charge is 0.141 e. The van der Waals surface area contributed by atoms with Gasteiger partial charge in [-0.15, -0.1) is 0 Å². The van der Waals surface area contributed by atoms with Gasteiger partial charge in [0.2, 0.25) is 0 Å². The van der Waals surface area contributed by atoms with Crippen molar-refractivity contribution in [1.29, 1.82) is 0 Å². The topological polar surface area (TPSA) is 12.9 Å². The summed E-state index contributed by atoms with van der Waals surface area (Å²) < 4.78 is 37.0. The second kappa shape index (κ2) is 12.8. The van der Waals surface area contributed by atoms with Crippen molar-refractivity contribution >= 4 is 0 Å². The third kappa shape index (κ3) is 9.73. The van der Waals surface area contributed by atoms with Gasteiger partial charge in [0, 0.05) is 5.69 Å². The molecule has 0 saturated carbocycles. The molecule has 3 rings (SSSR count). The molecule has 1 aromatic heterocycles. The van der Waals surface area contributed by atoms with Crippen LogP contribution in [0.2, 0.25) is 0 Å². The number of hydrogen-bond acceptors (Lipinski definition) is 1. The molecule has 3 aromatic rings. The van der Waals surface area contributed by atoms with E-state index in [-0.39, 0.29) is 17.5 Å². The summed E-state index contributed by atoms with van der Waals surface area (Å²) in [6.07, 6.45) is 1.25. The molecule has 2 aromatic carbocycles. The quantitative estimate of drug-likeness (QED) is 0.420. The van der Waals surface area contributed by atoms with Crippen LogP contribution >= 0.6 is 0 Å². The lowest BCUT2D eigenvalue weighted by Crippen LogP contribution is -1.91. The molecule has 1 heterocycles. The Labute approximate surface area is 179 Å². The van der Waals surface area contributed by atoms with Crippen molar-refractivity contribution in [2.24, 2.45) is 0 Å². The summed E-state index contributed by atoms with van der Waals surface area (Å²) in [6, 6.07) is 16.4. The van der Waals surface area contributed by atoms with Crippen LogP contribution < -0.4 is 0 Å². The summed E-state index contributed by atoms with van der Waals surface area (Å²) in [7, 11) is 0. The first-order valence-electron chi connectivity index (χ1n) is 10.2. The monoisotopic (exact) mass is 415 g/mol. The maximum Gasteiger partial charge on any atom is 0.141 e. The van der Waals surface area contributed by atoms with Crippen LogP contribution in [-0.2, 0) is 0 Å². The number of nitrogens with zero attached hydrogens (tertiary/aromatic N) is 1. The van der Waals surface area contributed by atoms with Crippen molar-refractivity contribution in [2.45, 2.75) is 59.3 Å². The summed E-state index contributed by atoms with van der Waals surface area (Å²) in [5, 5.41) is 0. The number of aromatic nitrogens is 1. The van der Waals surface area contributed by atoms with Crippen LogP contribution in [0.3, 0.4) is 0 Å². The number of hydrogen-bond donors (Lipinski definition) is 0. The fraction of sp³-hybridized carbons (Fsp3) is 0.346. The van der Waals surface area contributed by atoms with Crippen molar-refractivity contribution in [3.63, 3.8) is 0 Å². The first-order chi connectivity index (χ1) is 14.1. The Balaban J connectivity index is 0.000000225. The van der Waals surface area contributed by atoms with Gasteiger partial charge in [-0.2, -0.15) is 0 Å². The second-order valence-corrected chi connectivity index (χ2v) is 7.97. The molecule has 0 saturated heterocycles. The van der Waals surface area contributed by atoms with Gasteiger partial charge in [-0.1, -0.05) is 65.8 Å². The third-order valence-corrected chi connectivity index (χ3v) is 4.42. The van der Waals surface area contributed by atoms with E-state index in [2.05, 4.69) is 32.7 Å². The van der Waals surface area contributed by atoms with Crippen molar-refractivity contribution in [1.82, 2.24) is 4.98 Å². The van der Waals surface area contributed by atoms with Crippen molar-refractivity contribution in [3.8, 4) is 0 Å². The maximum absolute atomic E-state index is 12.4. The summed E-state index contributed by atoms with van der Waals surface area (Å²) in [5.41, 5.74) is 3.30. The van der Waals surface area contributed by atoms with E-state index in [0.29, 0.717) is 17.8 Å². The van der Waals surface area contributed by atoms with E-state index in [0.717, 1.165) is 5.69 Å². The Morgan fingerprint density at radius 2 is 0.867 bits per heavy atom. The minimum Gasteiger partial charge on any atom is -0.258 e. The highest BCUT2D eigenvalue weighted by atomic mass is 19.1. The second-order valence-electron chi connectivity index (χ2n) is 7.97. The van der Waals surface area contributed by atoms with Crippen LogP contribution in [0.4, 0.5) is 13.2 Å². The Bertz CT molecular complexity index is 719. The molecule has 0 bridgehead atoms. The van der Waals surface area contributed by atoms with Crippen LogP contribution in [0.1, 0.15) is 76.1 Å². The molecule has 1 nitrogen and oxygen atoms in total. The van der Waals surface area contributed by atoms with Crippen LogP contribution in [0.5, 0.6) is 0 Å². The molecular weight excluding hydrogens is 383 g/mol. The van der Waals surface area contributed by atoms with Crippen molar-refractivity contribution in [3.05, 3.63) is 101 Å². The molecule has 0 spiro atoms. The molecule has 30 heavy (non-hydrogen) atoms. The van der Waals surface area contributed by atoms with Gasteiger partial charge in [0.1, 0.15) is 17.5 Å². The molecular formula is C26H32F3N. The number of rotatable bonds is 3. The average molecular weight is 416 g/mol. The average Bonchev–Trinajstić information content (AvgIpc) is 2.70.